The molecule has 0 aliphatic carbocycles. The number of hydrogen-bond acceptors (Lipinski definition) is 6. The van der Waals surface area contributed by atoms with Gasteiger partial charge in [-0.1, -0.05) is 42.1 Å². The van der Waals surface area contributed by atoms with E-state index < -0.39 is 0 Å². The van der Waals surface area contributed by atoms with Crippen molar-refractivity contribution in [3.63, 3.8) is 0 Å². The molecule has 0 saturated heterocycles. The molecule has 0 unspecified atom stereocenters. The molecule has 0 aliphatic rings. The van der Waals surface area contributed by atoms with Crippen molar-refractivity contribution >= 4 is 23.9 Å². The molecule has 9 heteroatoms. The molecule has 25 heavy (non-hydrogen) atoms. The smallest absolute Gasteiger partial charge is 0.250 e. The van der Waals surface area contributed by atoms with Crippen molar-refractivity contribution in [1.29, 1.82) is 0 Å². The van der Waals surface area contributed by atoms with E-state index in [0.717, 1.165) is 5.69 Å². The van der Waals surface area contributed by atoms with E-state index in [1.165, 1.54) is 30.1 Å². The number of rotatable bonds is 6. The van der Waals surface area contributed by atoms with Gasteiger partial charge >= 0.3 is 0 Å². The van der Waals surface area contributed by atoms with Gasteiger partial charge in [0.2, 0.25) is 5.16 Å². The first-order chi connectivity index (χ1) is 12.2. The van der Waals surface area contributed by atoms with Gasteiger partial charge in [0.25, 0.3) is 5.91 Å². The van der Waals surface area contributed by atoms with Crippen LogP contribution in [0, 0.1) is 5.82 Å². The van der Waals surface area contributed by atoms with E-state index in [-0.39, 0.29) is 17.5 Å². The normalized spacial score (nSPS) is 10.9. The molecular weight excluding hydrogens is 343 g/mol. The molecule has 0 bridgehead atoms. The molecule has 126 valence electrons. The van der Waals surface area contributed by atoms with Crippen LogP contribution in [0.3, 0.4) is 0 Å². The lowest BCUT2D eigenvalue weighted by molar-refractivity contribution is -0.118. The summed E-state index contributed by atoms with van der Waals surface area (Å²) in [5.74, 6) is -0.591. The number of amides is 1. The second-order valence-corrected chi connectivity index (χ2v) is 5.79. The van der Waals surface area contributed by atoms with E-state index >= 15 is 0 Å². The van der Waals surface area contributed by atoms with Crippen LogP contribution in [0.15, 0.2) is 64.9 Å². The number of nitrogens with zero attached hydrogens (tertiary/aromatic N) is 5. The largest absolute Gasteiger partial charge is 0.272 e. The summed E-state index contributed by atoms with van der Waals surface area (Å²) in [6.07, 6.45) is 1.37. The zero-order chi connectivity index (χ0) is 17.5. The van der Waals surface area contributed by atoms with Crippen LogP contribution < -0.4 is 5.43 Å². The lowest BCUT2D eigenvalue weighted by Gasteiger charge is -2.03. The number of thioether (sulfide) groups is 1. The van der Waals surface area contributed by atoms with E-state index in [2.05, 4.69) is 26.1 Å². The van der Waals surface area contributed by atoms with Crippen molar-refractivity contribution in [2.24, 2.45) is 5.10 Å². The topological polar surface area (TPSA) is 85.1 Å². The van der Waals surface area contributed by atoms with Crippen molar-refractivity contribution in [2.45, 2.75) is 5.16 Å². The van der Waals surface area contributed by atoms with Crippen molar-refractivity contribution in [1.82, 2.24) is 25.6 Å². The second kappa shape index (κ2) is 8.15. The summed E-state index contributed by atoms with van der Waals surface area (Å²) in [5.41, 5.74) is 3.74. The van der Waals surface area contributed by atoms with E-state index in [1.807, 2.05) is 30.3 Å². The Labute approximate surface area is 146 Å². The molecule has 0 fully saturated rings. The predicted octanol–water partition coefficient (Wildman–Crippen LogP) is 2.04. The van der Waals surface area contributed by atoms with E-state index in [4.69, 9.17) is 0 Å². The summed E-state index contributed by atoms with van der Waals surface area (Å²) < 4.78 is 14.6. The maximum absolute atomic E-state index is 13.0. The average Bonchev–Trinajstić information content (AvgIpc) is 3.09. The van der Waals surface area contributed by atoms with Crippen LogP contribution in [0.1, 0.15) is 5.56 Å². The monoisotopic (exact) mass is 356 g/mol. The van der Waals surface area contributed by atoms with Crippen LogP contribution in [0.25, 0.3) is 5.69 Å². The third-order valence-corrected chi connectivity index (χ3v) is 3.94. The van der Waals surface area contributed by atoms with Crippen LogP contribution in [0.5, 0.6) is 0 Å². The predicted molar refractivity (Wildman–Crippen MR) is 92.0 cm³/mol. The third-order valence-electron chi connectivity index (χ3n) is 3.03. The first-order valence-electron chi connectivity index (χ1n) is 7.26. The number of nitrogens with one attached hydrogen (secondary N) is 1. The van der Waals surface area contributed by atoms with Gasteiger partial charge in [-0.25, -0.2) is 9.82 Å². The Kier molecular flexibility index (Phi) is 5.47. The summed E-state index contributed by atoms with van der Waals surface area (Å²) >= 11 is 1.19. The van der Waals surface area contributed by atoms with Gasteiger partial charge in [-0.3, -0.25) is 4.79 Å². The molecule has 3 rings (SSSR count). The van der Waals surface area contributed by atoms with Gasteiger partial charge in [-0.05, 0) is 40.3 Å². The Morgan fingerprint density at radius 2 is 2.08 bits per heavy atom. The highest BCUT2D eigenvalue weighted by Crippen LogP contribution is 2.17. The molecule has 0 aliphatic heterocycles. The fraction of sp³-hybridized carbons (Fsp3) is 0.0625. The molecule has 0 saturated carbocycles. The standard InChI is InChI=1S/C16H13FN6OS/c17-13-6-4-5-12(9-13)10-18-19-15(24)11-25-16-20-21-22-23(16)14-7-2-1-3-8-14/h1-10H,11H2,(H,19,24)/b18-10-. The molecule has 1 amide bonds. The summed E-state index contributed by atoms with van der Waals surface area (Å²) in [6.45, 7) is 0. The van der Waals surface area contributed by atoms with Crippen LogP contribution in [-0.4, -0.2) is 38.1 Å². The first kappa shape index (κ1) is 16.8. The molecular formula is C16H13FN6OS. The number of halogens is 1. The maximum Gasteiger partial charge on any atom is 0.250 e. The summed E-state index contributed by atoms with van der Waals surface area (Å²) in [4.78, 5) is 11.8. The Hall–Kier alpha value is -3.07. The van der Waals surface area contributed by atoms with Crippen LogP contribution in [0.2, 0.25) is 0 Å². The van der Waals surface area contributed by atoms with Gasteiger partial charge in [0.1, 0.15) is 5.82 Å². The number of hydrazone groups is 1. The summed E-state index contributed by atoms with van der Waals surface area (Å²) in [6, 6.07) is 15.3. The van der Waals surface area contributed by atoms with Crippen molar-refractivity contribution in [3.8, 4) is 5.69 Å². The van der Waals surface area contributed by atoms with Crippen LogP contribution in [0.4, 0.5) is 4.39 Å². The van der Waals surface area contributed by atoms with Gasteiger partial charge in [0.15, 0.2) is 0 Å². The zero-order valence-corrected chi connectivity index (χ0v) is 13.7. The Morgan fingerprint density at radius 3 is 2.88 bits per heavy atom. The van der Waals surface area contributed by atoms with E-state index in [9.17, 15) is 9.18 Å². The van der Waals surface area contributed by atoms with Gasteiger partial charge in [0.05, 0.1) is 17.7 Å². The minimum atomic E-state index is -0.362. The van der Waals surface area contributed by atoms with Gasteiger partial charge in [0, 0.05) is 0 Å². The number of benzene rings is 2. The van der Waals surface area contributed by atoms with Gasteiger partial charge in [-0.15, -0.1) is 5.10 Å². The number of carbonyl (C=O) groups is 1. The Balaban J connectivity index is 1.54. The fourth-order valence-corrected chi connectivity index (χ4v) is 2.61. The number of tetrazole rings is 1. The molecule has 0 radical (unpaired) electrons. The molecule has 2 aromatic carbocycles. The van der Waals surface area contributed by atoms with Gasteiger partial charge < -0.3 is 0 Å². The highest BCUT2D eigenvalue weighted by atomic mass is 32.2. The SMILES string of the molecule is O=C(CSc1nnnn1-c1ccccc1)N/N=C\c1cccc(F)c1. The lowest BCUT2D eigenvalue weighted by atomic mass is 10.2. The highest BCUT2D eigenvalue weighted by Gasteiger charge is 2.10. The van der Waals surface area contributed by atoms with Crippen LogP contribution in [-0.2, 0) is 4.79 Å². The highest BCUT2D eigenvalue weighted by molar-refractivity contribution is 7.99. The maximum atomic E-state index is 13.0. The molecule has 1 N–H and O–H groups in total. The van der Waals surface area contributed by atoms with E-state index in [0.29, 0.717) is 10.7 Å². The van der Waals surface area contributed by atoms with Crippen molar-refractivity contribution in [2.75, 3.05) is 5.75 Å². The third kappa shape index (κ3) is 4.70. The number of carbonyl (C=O) groups excluding carboxylic acids is 1. The molecule has 1 aromatic heterocycles. The molecule has 7 nitrogen and oxygen atoms in total. The second-order valence-electron chi connectivity index (χ2n) is 4.85. The number of hydrogen-bond donors (Lipinski definition) is 1. The van der Waals surface area contributed by atoms with Crippen LogP contribution >= 0.6 is 11.8 Å². The lowest BCUT2D eigenvalue weighted by Crippen LogP contribution is -2.20. The molecule has 1 heterocycles. The minimum absolute atomic E-state index is 0.0910. The molecule has 0 atom stereocenters. The average molecular weight is 356 g/mol. The molecule has 3 aromatic rings. The van der Waals surface area contributed by atoms with Crippen molar-refractivity contribution in [3.05, 3.63) is 66.0 Å². The molecule has 0 spiro atoms. The van der Waals surface area contributed by atoms with Gasteiger partial charge in [-0.2, -0.15) is 9.78 Å². The summed E-state index contributed by atoms with van der Waals surface area (Å²) in [5, 5.41) is 15.7. The Bertz CT molecular complexity index is 883. The van der Waals surface area contributed by atoms with E-state index in [1.54, 1.807) is 16.8 Å². The zero-order valence-electron chi connectivity index (χ0n) is 12.9. The number of aromatic nitrogens is 4. The fourth-order valence-electron chi connectivity index (χ4n) is 1.93. The quantitative estimate of drug-likeness (QED) is 0.415. The first-order valence-corrected chi connectivity index (χ1v) is 8.25. The summed E-state index contributed by atoms with van der Waals surface area (Å²) in [7, 11) is 0. The minimum Gasteiger partial charge on any atom is -0.272 e. The Morgan fingerprint density at radius 1 is 1.24 bits per heavy atom. The number of para-hydroxylation sites is 1. The van der Waals surface area contributed by atoms with Crippen molar-refractivity contribution < 1.29 is 9.18 Å².